The van der Waals surface area contributed by atoms with Crippen molar-refractivity contribution in [3.8, 4) is 0 Å². The third-order valence-corrected chi connectivity index (χ3v) is 3.15. The van der Waals surface area contributed by atoms with Crippen LogP contribution in [0.25, 0.3) is 0 Å². The van der Waals surface area contributed by atoms with Gasteiger partial charge in [-0.15, -0.1) is 0 Å². The van der Waals surface area contributed by atoms with Crippen LogP contribution in [-0.2, 0) is 6.42 Å². The molecule has 0 aromatic heterocycles. The Bertz CT molecular complexity index is 523. The third-order valence-electron chi connectivity index (χ3n) is 3.15. The molecule has 0 saturated carbocycles. The van der Waals surface area contributed by atoms with Crippen molar-refractivity contribution in [1.29, 1.82) is 0 Å². The van der Waals surface area contributed by atoms with E-state index in [9.17, 15) is 8.78 Å². The summed E-state index contributed by atoms with van der Waals surface area (Å²) in [6.45, 7) is 2.66. The van der Waals surface area contributed by atoms with E-state index in [2.05, 4.69) is 5.32 Å². The van der Waals surface area contributed by atoms with Crippen LogP contribution in [0.5, 0.6) is 0 Å². The molecule has 0 aliphatic carbocycles. The third kappa shape index (κ3) is 3.86. The van der Waals surface area contributed by atoms with Crippen LogP contribution in [-0.4, -0.2) is 6.54 Å². The summed E-state index contributed by atoms with van der Waals surface area (Å²) >= 11 is 0. The topological polar surface area (TPSA) is 12.0 Å². The van der Waals surface area contributed by atoms with Crippen molar-refractivity contribution in [1.82, 2.24) is 5.32 Å². The molecule has 2 aromatic rings. The fraction of sp³-hybridized carbons (Fsp3) is 0.250. The average Bonchev–Trinajstić information content (AvgIpc) is 2.41. The van der Waals surface area contributed by atoms with E-state index in [0.29, 0.717) is 5.56 Å². The molecular formula is C16H17F2N. The molecule has 0 amide bonds. The molecule has 3 heteroatoms. The lowest BCUT2D eigenvalue weighted by molar-refractivity contribution is 0.530. The van der Waals surface area contributed by atoms with E-state index in [0.717, 1.165) is 18.5 Å². The van der Waals surface area contributed by atoms with Crippen LogP contribution in [0.3, 0.4) is 0 Å². The molecule has 0 radical (unpaired) electrons. The predicted molar refractivity (Wildman–Crippen MR) is 72.9 cm³/mol. The van der Waals surface area contributed by atoms with Gasteiger partial charge < -0.3 is 5.32 Å². The fourth-order valence-electron chi connectivity index (χ4n) is 2.02. The predicted octanol–water partition coefficient (Wildman–Crippen LogP) is 3.86. The van der Waals surface area contributed by atoms with Crippen molar-refractivity contribution in [2.24, 2.45) is 0 Å². The van der Waals surface area contributed by atoms with Gasteiger partial charge in [0.1, 0.15) is 11.6 Å². The maximum absolute atomic E-state index is 13.6. The highest BCUT2D eigenvalue weighted by Gasteiger charge is 2.08. The second-order valence-corrected chi connectivity index (χ2v) is 4.57. The normalized spacial score (nSPS) is 12.4. The number of hydrogen-bond acceptors (Lipinski definition) is 1. The van der Waals surface area contributed by atoms with Crippen molar-refractivity contribution in [3.05, 3.63) is 71.3 Å². The first-order valence-electron chi connectivity index (χ1n) is 6.39. The van der Waals surface area contributed by atoms with E-state index in [1.807, 2.05) is 13.0 Å². The molecule has 19 heavy (non-hydrogen) atoms. The summed E-state index contributed by atoms with van der Waals surface area (Å²) in [5.74, 6) is -0.416. The summed E-state index contributed by atoms with van der Waals surface area (Å²) < 4.78 is 26.3. The Labute approximate surface area is 112 Å². The Morgan fingerprint density at radius 3 is 2.37 bits per heavy atom. The largest absolute Gasteiger partial charge is 0.310 e. The maximum atomic E-state index is 13.6. The Hall–Kier alpha value is -1.74. The van der Waals surface area contributed by atoms with Gasteiger partial charge in [0.25, 0.3) is 0 Å². The monoisotopic (exact) mass is 261 g/mol. The van der Waals surface area contributed by atoms with Crippen LogP contribution in [0.15, 0.2) is 48.5 Å². The second-order valence-electron chi connectivity index (χ2n) is 4.57. The van der Waals surface area contributed by atoms with Gasteiger partial charge in [-0.2, -0.15) is 0 Å². The zero-order valence-corrected chi connectivity index (χ0v) is 10.9. The van der Waals surface area contributed by atoms with Crippen LogP contribution in [0, 0.1) is 11.6 Å². The Morgan fingerprint density at radius 2 is 1.68 bits per heavy atom. The Kier molecular flexibility index (Phi) is 4.63. The molecule has 2 aromatic carbocycles. The van der Waals surface area contributed by atoms with Crippen LogP contribution in [0.1, 0.15) is 24.1 Å². The van der Waals surface area contributed by atoms with Crippen LogP contribution >= 0.6 is 0 Å². The van der Waals surface area contributed by atoms with Gasteiger partial charge in [-0.25, -0.2) is 8.78 Å². The molecule has 2 rings (SSSR count). The smallest absolute Gasteiger partial charge is 0.127 e. The maximum Gasteiger partial charge on any atom is 0.127 e. The molecule has 0 aliphatic rings. The lowest BCUT2D eigenvalue weighted by atomic mass is 10.1. The molecule has 0 aliphatic heterocycles. The minimum atomic E-state index is -0.226. The first kappa shape index (κ1) is 13.7. The molecule has 0 bridgehead atoms. The summed E-state index contributed by atoms with van der Waals surface area (Å²) in [5, 5.41) is 3.27. The van der Waals surface area contributed by atoms with Crippen molar-refractivity contribution < 1.29 is 8.78 Å². The van der Waals surface area contributed by atoms with Gasteiger partial charge in [0.15, 0.2) is 0 Å². The van der Waals surface area contributed by atoms with Gasteiger partial charge in [-0.05, 0) is 43.7 Å². The molecule has 1 atom stereocenters. The zero-order chi connectivity index (χ0) is 13.7. The van der Waals surface area contributed by atoms with Gasteiger partial charge in [-0.3, -0.25) is 0 Å². The van der Waals surface area contributed by atoms with E-state index in [1.54, 1.807) is 24.3 Å². The number of halogens is 2. The van der Waals surface area contributed by atoms with E-state index in [1.165, 1.54) is 18.2 Å². The summed E-state index contributed by atoms with van der Waals surface area (Å²) in [6, 6.07) is 13.2. The molecule has 0 heterocycles. The van der Waals surface area contributed by atoms with E-state index in [-0.39, 0.29) is 17.7 Å². The van der Waals surface area contributed by atoms with Crippen LogP contribution in [0.4, 0.5) is 8.78 Å². The zero-order valence-electron chi connectivity index (χ0n) is 10.9. The molecule has 0 spiro atoms. The first-order chi connectivity index (χ1) is 9.16. The van der Waals surface area contributed by atoms with Crippen molar-refractivity contribution in [2.45, 2.75) is 19.4 Å². The Morgan fingerprint density at radius 1 is 1.00 bits per heavy atom. The quantitative estimate of drug-likeness (QED) is 0.861. The van der Waals surface area contributed by atoms with Gasteiger partial charge in [0.05, 0.1) is 0 Å². The molecule has 100 valence electrons. The summed E-state index contributed by atoms with van der Waals surface area (Å²) in [6.07, 6.45) is 0.791. The molecule has 0 fully saturated rings. The minimum Gasteiger partial charge on any atom is -0.310 e. The van der Waals surface area contributed by atoms with Crippen molar-refractivity contribution in [2.75, 3.05) is 6.54 Å². The number of rotatable bonds is 5. The molecule has 1 nitrogen and oxygen atoms in total. The standard InChI is InChI=1S/C16H17F2N/c1-12(15-4-2-3-5-16(15)18)19-11-10-13-6-8-14(17)9-7-13/h2-9,12,19H,10-11H2,1H3. The lowest BCUT2D eigenvalue weighted by Gasteiger charge is -2.14. The molecule has 0 saturated heterocycles. The summed E-state index contributed by atoms with van der Waals surface area (Å²) in [4.78, 5) is 0. The van der Waals surface area contributed by atoms with Crippen molar-refractivity contribution >= 4 is 0 Å². The highest BCUT2D eigenvalue weighted by Crippen LogP contribution is 2.15. The SMILES string of the molecule is CC(NCCc1ccc(F)cc1)c1ccccc1F. The number of nitrogens with one attached hydrogen (secondary N) is 1. The average molecular weight is 261 g/mol. The highest BCUT2D eigenvalue weighted by molar-refractivity contribution is 5.21. The second kappa shape index (κ2) is 6.43. The summed E-state index contributed by atoms with van der Waals surface area (Å²) in [5.41, 5.74) is 1.73. The van der Waals surface area contributed by atoms with E-state index in [4.69, 9.17) is 0 Å². The van der Waals surface area contributed by atoms with Gasteiger partial charge in [0.2, 0.25) is 0 Å². The molecule has 1 N–H and O–H groups in total. The summed E-state index contributed by atoms with van der Waals surface area (Å²) in [7, 11) is 0. The van der Waals surface area contributed by atoms with E-state index >= 15 is 0 Å². The molecular weight excluding hydrogens is 244 g/mol. The number of benzene rings is 2. The number of hydrogen-bond donors (Lipinski definition) is 1. The van der Waals surface area contributed by atoms with Crippen LogP contribution in [0.2, 0.25) is 0 Å². The van der Waals surface area contributed by atoms with Gasteiger partial charge >= 0.3 is 0 Å². The van der Waals surface area contributed by atoms with Crippen LogP contribution < -0.4 is 5.32 Å². The van der Waals surface area contributed by atoms with Crippen molar-refractivity contribution in [3.63, 3.8) is 0 Å². The lowest BCUT2D eigenvalue weighted by Crippen LogP contribution is -2.22. The fourth-order valence-corrected chi connectivity index (χ4v) is 2.02. The van der Waals surface area contributed by atoms with Gasteiger partial charge in [0, 0.05) is 11.6 Å². The highest BCUT2D eigenvalue weighted by atomic mass is 19.1. The van der Waals surface area contributed by atoms with Gasteiger partial charge in [-0.1, -0.05) is 30.3 Å². The minimum absolute atomic E-state index is 0.0401. The first-order valence-corrected chi connectivity index (χ1v) is 6.39. The Balaban J connectivity index is 1.86. The van der Waals surface area contributed by atoms with E-state index < -0.39 is 0 Å². The molecule has 1 unspecified atom stereocenters.